The molecule has 0 atom stereocenters. The van der Waals surface area contributed by atoms with E-state index in [1.165, 1.54) is 6.07 Å². The molecule has 2 aromatic heterocycles. The first-order valence-electron chi connectivity index (χ1n) is 11.2. The highest BCUT2D eigenvalue weighted by Gasteiger charge is 2.35. The first-order valence-corrected chi connectivity index (χ1v) is 12.0. The Morgan fingerprint density at radius 2 is 1.80 bits per heavy atom. The lowest BCUT2D eigenvalue weighted by atomic mass is 10.1. The van der Waals surface area contributed by atoms with Crippen LogP contribution in [-0.4, -0.2) is 33.2 Å². The molecule has 10 heteroatoms. The summed E-state index contributed by atoms with van der Waals surface area (Å²) in [5.41, 5.74) is 1.76. The summed E-state index contributed by atoms with van der Waals surface area (Å²) in [6, 6.07) is 13.8. The number of nitrogens with zero attached hydrogens (tertiary/aromatic N) is 4. The molecular weight excluding hydrogens is 516 g/mol. The van der Waals surface area contributed by atoms with Crippen LogP contribution >= 0.6 is 15.9 Å². The maximum atomic E-state index is 12.3. The zero-order valence-electron chi connectivity index (χ0n) is 18.6. The largest absolute Gasteiger partial charge is 0.486 e. The molecule has 35 heavy (non-hydrogen) atoms. The van der Waals surface area contributed by atoms with Crippen LogP contribution in [0.15, 0.2) is 68.4 Å². The van der Waals surface area contributed by atoms with Crippen LogP contribution in [0.1, 0.15) is 35.3 Å². The summed E-state index contributed by atoms with van der Waals surface area (Å²) in [5, 5.41) is 8.99. The van der Waals surface area contributed by atoms with Gasteiger partial charge in [0.2, 0.25) is 0 Å². The van der Waals surface area contributed by atoms with Gasteiger partial charge in [-0.2, -0.15) is 0 Å². The van der Waals surface area contributed by atoms with Crippen molar-refractivity contribution in [2.24, 2.45) is 0 Å². The fourth-order valence-electron chi connectivity index (χ4n) is 4.08. The minimum Gasteiger partial charge on any atom is -0.486 e. The van der Waals surface area contributed by atoms with Gasteiger partial charge in [0, 0.05) is 17.6 Å². The molecule has 1 aliphatic heterocycles. The number of ketones is 1. The number of benzene rings is 2. The highest BCUT2D eigenvalue weighted by Crippen LogP contribution is 2.31. The number of aromatic nitrogens is 3. The number of rotatable bonds is 9. The van der Waals surface area contributed by atoms with Gasteiger partial charge in [0.05, 0.1) is 28.9 Å². The topological polar surface area (TPSA) is 108 Å². The molecule has 0 bridgehead atoms. The maximum Gasteiger partial charge on any atom is 0.339 e. The summed E-state index contributed by atoms with van der Waals surface area (Å²) in [6.07, 6.45) is 4.28. The lowest BCUT2D eigenvalue weighted by Gasteiger charge is -2.16. The van der Waals surface area contributed by atoms with E-state index in [1.807, 2.05) is 24.4 Å². The number of ether oxygens (including phenoxy) is 1. The summed E-state index contributed by atoms with van der Waals surface area (Å²) in [6.45, 7) is 1.34. The number of hydrogen-bond donors (Lipinski definition) is 0. The Morgan fingerprint density at radius 3 is 2.69 bits per heavy atom. The molecule has 0 saturated carbocycles. The quantitative estimate of drug-likeness (QED) is 0.180. The first-order chi connectivity index (χ1) is 17.0. The Kier molecular flexibility index (Phi) is 6.45. The van der Waals surface area contributed by atoms with Crippen molar-refractivity contribution in [3.63, 3.8) is 0 Å². The molecule has 0 aliphatic carbocycles. The molecule has 3 heterocycles. The summed E-state index contributed by atoms with van der Waals surface area (Å²) in [5.74, 6) is -0.485. The van der Waals surface area contributed by atoms with Crippen molar-refractivity contribution in [2.75, 3.05) is 11.4 Å². The Hall–Kier alpha value is -3.79. The molecule has 0 fully saturated rings. The molecule has 178 valence electrons. The molecule has 1 amide bonds. The van der Waals surface area contributed by atoms with E-state index in [0.29, 0.717) is 46.8 Å². The molecule has 5 rings (SSSR count). The van der Waals surface area contributed by atoms with Crippen molar-refractivity contribution < 1.29 is 18.7 Å². The molecule has 9 nitrogen and oxygen atoms in total. The fraction of sp³-hybridized carbons (Fsp3) is 0.240. The number of carbonyl (C=O) groups is 2. The van der Waals surface area contributed by atoms with Gasteiger partial charge in [-0.3, -0.25) is 14.3 Å². The Bertz CT molecular complexity index is 1480. The van der Waals surface area contributed by atoms with Crippen LogP contribution in [0, 0.1) is 0 Å². The van der Waals surface area contributed by atoms with Gasteiger partial charge in [-0.25, -0.2) is 4.79 Å². The van der Waals surface area contributed by atoms with Crippen LogP contribution in [0.4, 0.5) is 5.69 Å². The number of halogens is 1. The lowest BCUT2D eigenvalue weighted by Crippen LogP contribution is -2.30. The standard InChI is InChI=1S/C25H21BrN4O5/c26-16-8-9-20-19(12-16)24(32)25(33)30(20)11-5-1-4-10-29-14-17(27-28-29)15-34-22-13-23(31)35-21-7-3-2-6-18(21)22/h2-3,6-9,12-14H,1,4-5,10-11,15H2. The highest BCUT2D eigenvalue weighted by molar-refractivity contribution is 9.10. The number of Topliss-reactive ketones (excluding diaryl/α,β-unsaturated/α-hetero) is 1. The molecule has 2 aromatic carbocycles. The van der Waals surface area contributed by atoms with E-state index in [-0.39, 0.29) is 6.61 Å². The average Bonchev–Trinajstić information content (AvgIpc) is 3.40. The van der Waals surface area contributed by atoms with Crippen LogP contribution in [0.25, 0.3) is 11.0 Å². The lowest BCUT2D eigenvalue weighted by molar-refractivity contribution is -0.114. The molecule has 0 N–H and O–H groups in total. The third kappa shape index (κ3) is 4.88. The smallest absolute Gasteiger partial charge is 0.339 e. The van der Waals surface area contributed by atoms with E-state index in [9.17, 15) is 14.4 Å². The van der Waals surface area contributed by atoms with E-state index in [2.05, 4.69) is 26.2 Å². The number of fused-ring (bicyclic) bond motifs is 2. The van der Waals surface area contributed by atoms with E-state index in [0.717, 1.165) is 23.7 Å². The van der Waals surface area contributed by atoms with Crippen LogP contribution in [0.2, 0.25) is 0 Å². The van der Waals surface area contributed by atoms with Gasteiger partial charge < -0.3 is 14.1 Å². The summed E-state index contributed by atoms with van der Waals surface area (Å²) in [4.78, 5) is 37.8. The van der Waals surface area contributed by atoms with Gasteiger partial charge in [-0.1, -0.05) is 33.3 Å². The third-order valence-electron chi connectivity index (χ3n) is 5.78. The average molecular weight is 537 g/mol. The second kappa shape index (κ2) is 9.83. The van der Waals surface area contributed by atoms with E-state index >= 15 is 0 Å². The van der Waals surface area contributed by atoms with Crippen LogP contribution in [0.3, 0.4) is 0 Å². The highest BCUT2D eigenvalue weighted by atomic mass is 79.9. The normalized spacial score (nSPS) is 13.0. The SMILES string of the molecule is O=C1C(=O)N(CCCCCn2cc(COc3cc(=O)oc4ccccc34)nn2)c2ccc(Br)cc21. The Morgan fingerprint density at radius 1 is 0.971 bits per heavy atom. The fourth-order valence-corrected chi connectivity index (χ4v) is 4.44. The third-order valence-corrected chi connectivity index (χ3v) is 6.27. The van der Waals surface area contributed by atoms with Gasteiger partial charge >= 0.3 is 5.63 Å². The van der Waals surface area contributed by atoms with E-state index in [1.54, 1.807) is 33.8 Å². The monoisotopic (exact) mass is 536 g/mol. The predicted molar refractivity (Wildman–Crippen MR) is 132 cm³/mol. The first kappa shape index (κ1) is 23.0. The molecule has 0 spiro atoms. The number of carbonyl (C=O) groups excluding carboxylic acids is 2. The zero-order chi connectivity index (χ0) is 24.4. The van der Waals surface area contributed by atoms with Gasteiger partial charge in [-0.15, -0.1) is 5.10 Å². The van der Waals surface area contributed by atoms with Crippen LogP contribution < -0.4 is 15.3 Å². The van der Waals surface area contributed by atoms with Crippen molar-refractivity contribution in [2.45, 2.75) is 32.4 Å². The maximum absolute atomic E-state index is 12.3. The number of aryl methyl sites for hydroxylation is 1. The molecule has 0 saturated heterocycles. The van der Waals surface area contributed by atoms with Crippen molar-refractivity contribution in [1.29, 1.82) is 0 Å². The van der Waals surface area contributed by atoms with Crippen molar-refractivity contribution in [3.05, 3.63) is 80.9 Å². The number of amides is 1. The summed E-state index contributed by atoms with van der Waals surface area (Å²) < 4.78 is 13.5. The van der Waals surface area contributed by atoms with E-state index in [4.69, 9.17) is 9.15 Å². The number of anilines is 1. The second-order valence-corrected chi connectivity index (χ2v) is 9.11. The molecular formula is C25H21BrN4O5. The Labute approximate surface area is 208 Å². The van der Waals surface area contributed by atoms with Crippen LogP contribution in [-0.2, 0) is 17.9 Å². The van der Waals surface area contributed by atoms with E-state index < -0.39 is 17.3 Å². The van der Waals surface area contributed by atoms with Crippen LogP contribution in [0.5, 0.6) is 5.75 Å². The van der Waals surface area contributed by atoms with Gasteiger partial charge in [0.25, 0.3) is 11.7 Å². The van der Waals surface area contributed by atoms with Gasteiger partial charge in [0.1, 0.15) is 23.6 Å². The number of unbranched alkanes of at least 4 members (excludes halogenated alkanes) is 2. The molecule has 0 radical (unpaired) electrons. The molecule has 0 unspecified atom stereocenters. The van der Waals surface area contributed by atoms with Crippen molar-refractivity contribution in [3.8, 4) is 5.75 Å². The predicted octanol–water partition coefficient (Wildman–Crippen LogP) is 4.13. The number of hydrogen-bond acceptors (Lipinski definition) is 7. The zero-order valence-corrected chi connectivity index (χ0v) is 20.2. The molecule has 1 aliphatic rings. The summed E-state index contributed by atoms with van der Waals surface area (Å²) in [7, 11) is 0. The molecule has 4 aromatic rings. The van der Waals surface area contributed by atoms with Gasteiger partial charge in [-0.05, 0) is 49.6 Å². The van der Waals surface area contributed by atoms with Gasteiger partial charge in [0.15, 0.2) is 0 Å². The summed E-state index contributed by atoms with van der Waals surface area (Å²) >= 11 is 3.34. The van der Waals surface area contributed by atoms with Crippen molar-refractivity contribution in [1.82, 2.24) is 15.0 Å². The minimum absolute atomic E-state index is 0.175. The number of para-hydroxylation sites is 1. The van der Waals surface area contributed by atoms with Crippen molar-refractivity contribution >= 4 is 44.3 Å². The Balaban J connectivity index is 1.10. The minimum atomic E-state index is -0.473. The second-order valence-electron chi connectivity index (χ2n) is 8.20.